The van der Waals surface area contributed by atoms with Crippen LogP contribution in [0.4, 0.5) is 0 Å². The second-order valence-electron chi connectivity index (χ2n) is 7.02. The first-order chi connectivity index (χ1) is 10.2. The van der Waals surface area contributed by atoms with Crippen LogP contribution in [0.15, 0.2) is 0 Å². The Morgan fingerprint density at radius 3 is 2.62 bits per heavy atom. The minimum absolute atomic E-state index is 0.0646. The van der Waals surface area contributed by atoms with Gasteiger partial charge in [-0.2, -0.15) is 5.26 Å². The molecule has 0 aromatic heterocycles. The van der Waals surface area contributed by atoms with Crippen LogP contribution in [0.3, 0.4) is 0 Å². The van der Waals surface area contributed by atoms with Crippen LogP contribution in [-0.2, 0) is 4.79 Å². The fourth-order valence-corrected chi connectivity index (χ4v) is 4.51. The summed E-state index contributed by atoms with van der Waals surface area (Å²) in [7, 11) is 0. The van der Waals surface area contributed by atoms with Crippen LogP contribution in [0, 0.1) is 23.2 Å². The molecule has 1 heterocycles. The van der Waals surface area contributed by atoms with Crippen LogP contribution in [0.25, 0.3) is 0 Å². The molecule has 0 spiro atoms. The number of amides is 1. The molecule has 1 saturated heterocycles. The highest BCUT2D eigenvalue weighted by Gasteiger charge is 2.36. The lowest BCUT2D eigenvalue weighted by Gasteiger charge is -2.41. The van der Waals surface area contributed by atoms with Gasteiger partial charge in [0.15, 0.2) is 0 Å². The average Bonchev–Trinajstić information content (AvgIpc) is 2.92. The van der Waals surface area contributed by atoms with Gasteiger partial charge < -0.3 is 15.3 Å². The summed E-state index contributed by atoms with van der Waals surface area (Å²) in [6, 6.07) is 2.39. The molecule has 116 valence electrons. The summed E-state index contributed by atoms with van der Waals surface area (Å²) in [6.07, 6.45) is 6.87. The van der Waals surface area contributed by atoms with Gasteiger partial charge >= 0.3 is 0 Å². The van der Waals surface area contributed by atoms with Crippen molar-refractivity contribution < 1.29 is 9.90 Å². The number of aliphatic hydroxyl groups is 1. The first-order valence-corrected chi connectivity index (χ1v) is 8.26. The third-order valence-corrected chi connectivity index (χ3v) is 5.38. The Morgan fingerprint density at radius 1 is 1.24 bits per heavy atom. The maximum absolute atomic E-state index is 12.2. The van der Waals surface area contributed by atoms with Crippen LogP contribution in [0.5, 0.6) is 0 Å². The fourth-order valence-electron chi connectivity index (χ4n) is 4.51. The zero-order chi connectivity index (χ0) is 14.8. The molecule has 0 aromatic carbocycles. The van der Waals surface area contributed by atoms with Crippen molar-refractivity contribution in [2.45, 2.75) is 63.1 Å². The van der Waals surface area contributed by atoms with E-state index < -0.39 is 0 Å². The number of aliphatic hydroxyl groups excluding tert-OH is 1. The van der Waals surface area contributed by atoms with E-state index in [1.807, 2.05) is 0 Å². The van der Waals surface area contributed by atoms with Crippen LogP contribution >= 0.6 is 0 Å². The molecule has 21 heavy (non-hydrogen) atoms. The number of likely N-dealkylation sites (tertiary alicyclic amines) is 1. The summed E-state index contributed by atoms with van der Waals surface area (Å²) in [5.41, 5.74) is 0. The Hall–Kier alpha value is -1.12. The highest BCUT2D eigenvalue weighted by Crippen LogP contribution is 2.39. The number of rotatable bonds is 3. The second kappa shape index (κ2) is 6.33. The monoisotopic (exact) mass is 291 g/mol. The van der Waals surface area contributed by atoms with Gasteiger partial charge in [0.2, 0.25) is 5.91 Å². The Morgan fingerprint density at radius 2 is 1.95 bits per heavy atom. The van der Waals surface area contributed by atoms with Crippen molar-refractivity contribution >= 4 is 5.91 Å². The molecule has 3 rings (SSSR count). The molecule has 2 saturated carbocycles. The first-order valence-electron chi connectivity index (χ1n) is 8.26. The Balaban J connectivity index is 1.47. The van der Waals surface area contributed by atoms with Gasteiger partial charge in [-0.3, -0.25) is 4.79 Å². The Bertz CT molecular complexity index is 416. The van der Waals surface area contributed by atoms with E-state index in [1.54, 1.807) is 4.90 Å². The van der Waals surface area contributed by atoms with Crippen LogP contribution in [0.1, 0.15) is 44.9 Å². The molecule has 1 amide bonds. The van der Waals surface area contributed by atoms with Crippen molar-refractivity contribution in [2.75, 3.05) is 13.1 Å². The maximum atomic E-state index is 12.2. The lowest BCUT2D eigenvalue weighted by molar-refractivity contribution is -0.130. The summed E-state index contributed by atoms with van der Waals surface area (Å²) in [5, 5.41) is 22.3. The Labute approximate surface area is 126 Å². The number of hydrogen-bond acceptors (Lipinski definition) is 4. The third-order valence-electron chi connectivity index (χ3n) is 5.38. The largest absolute Gasteiger partial charge is 0.393 e. The van der Waals surface area contributed by atoms with E-state index in [9.17, 15) is 9.90 Å². The molecule has 3 aliphatic rings. The molecule has 3 fully saturated rings. The van der Waals surface area contributed by atoms with E-state index in [0.29, 0.717) is 24.4 Å². The molecule has 5 nitrogen and oxygen atoms in total. The standard InChI is InChI=1S/C16H25N3O2/c17-9-14-2-1-3-19(14)16(21)10-18-13-5-11-4-12(6-13)8-15(20)7-11/h11-15,18,20H,1-8,10H2. The minimum atomic E-state index is -0.222. The number of fused-ring (bicyclic) bond motifs is 2. The van der Waals surface area contributed by atoms with Gasteiger partial charge in [0.1, 0.15) is 6.04 Å². The highest BCUT2D eigenvalue weighted by atomic mass is 16.3. The summed E-state index contributed by atoms with van der Waals surface area (Å²) in [4.78, 5) is 14.0. The summed E-state index contributed by atoms with van der Waals surface area (Å²) in [6.45, 7) is 1.08. The van der Waals surface area contributed by atoms with Crippen LogP contribution in [-0.4, -0.2) is 47.2 Å². The zero-order valence-corrected chi connectivity index (χ0v) is 12.5. The van der Waals surface area contributed by atoms with Crippen molar-refractivity contribution in [3.8, 4) is 6.07 Å². The predicted molar refractivity (Wildman–Crippen MR) is 78.2 cm³/mol. The van der Waals surface area contributed by atoms with Crippen molar-refractivity contribution in [2.24, 2.45) is 11.8 Å². The van der Waals surface area contributed by atoms with Crippen molar-refractivity contribution in [1.29, 1.82) is 5.26 Å². The molecule has 3 atom stereocenters. The number of carbonyl (C=O) groups excluding carboxylic acids is 1. The SMILES string of the molecule is N#CC1CCCN1C(=O)CNC1CC2CC(O)CC(C2)C1. The molecule has 5 heteroatoms. The van der Waals surface area contributed by atoms with Gasteiger partial charge in [-0.25, -0.2) is 0 Å². The molecular formula is C16H25N3O2. The van der Waals surface area contributed by atoms with Crippen molar-refractivity contribution in [3.05, 3.63) is 0 Å². The van der Waals surface area contributed by atoms with Gasteiger partial charge in [0.25, 0.3) is 0 Å². The summed E-state index contributed by atoms with van der Waals surface area (Å²) < 4.78 is 0. The minimum Gasteiger partial charge on any atom is -0.393 e. The fraction of sp³-hybridized carbons (Fsp3) is 0.875. The summed E-state index contributed by atoms with van der Waals surface area (Å²) in [5.74, 6) is 1.28. The van der Waals surface area contributed by atoms with Gasteiger partial charge in [-0.05, 0) is 56.8 Å². The zero-order valence-electron chi connectivity index (χ0n) is 12.5. The van der Waals surface area contributed by atoms with Crippen LogP contribution < -0.4 is 5.32 Å². The number of nitrogens with zero attached hydrogens (tertiary/aromatic N) is 2. The number of hydrogen-bond donors (Lipinski definition) is 2. The van der Waals surface area contributed by atoms with E-state index in [4.69, 9.17) is 5.26 Å². The normalized spacial score (nSPS) is 39.0. The van der Waals surface area contributed by atoms with Crippen molar-refractivity contribution in [3.63, 3.8) is 0 Å². The topological polar surface area (TPSA) is 76.4 Å². The second-order valence-corrected chi connectivity index (χ2v) is 7.02. The number of carbonyl (C=O) groups is 1. The smallest absolute Gasteiger partial charge is 0.237 e. The molecular weight excluding hydrogens is 266 g/mol. The molecule has 2 bridgehead atoms. The third kappa shape index (κ3) is 3.38. The van der Waals surface area contributed by atoms with E-state index in [1.165, 1.54) is 6.42 Å². The number of nitrogens with one attached hydrogen (secondary N) is 1. The molecule has 2 aliphatic carbocycles. The van der Waals surface area contributed by atoms with Crippen LogP contribution in [0.2, 0.25) is 0 Å². The highest BCUT2D eigenvalue weighted by molar-refractivity contribution is 5.79. The summed E-state index contributed by atoms with van der Waals surface area (Å²) >= 11 is 0. The first kappa shape index (κ1) is 14.8. The molecule has 0 radical (unpaired) electrons. The van der Waals surface area contributed by atoms with Crippen molar-refractivity contribution in [1.82, 2.24) is 10.2 Å². The van der Waals surface area contributed by atoms with E-state index >= 15 is 0 Å². The van der Waals surface area contributed by atoms with Gasteiger partial charge in [0, 0.05) is 12.6 Å². The predicted octanol–water partition coefficient (Wildman–Crippen LogP) is 1.03. The van der Waals surface area contributed by atoms with E-state index in [0.717, 1.165) is 45.1 Å². The van der Waals surface area contributed by atoms with Gasteiger partial charge in [-0.1, -0.05) is 0 Å². The quantitative estimate of drug-likeness (QED) is 0.814. The molecule has 1 aliphatic heterocycles. The molecule has 3 unspecified atom stereocenters. The maximum Gasteiger partial charge on any atom is 0.237 e. The lowest BCUT2D eigenvalue weighted by Crippen LogP contribution is -2.47. The molecule has 0 aromatic rings. The van der Waals surface area contributed by atoms with Gasteiger partial charge in [0.05, 0.1) is 18.7 Å². The van der Waals surface area contributed by atoms with Gasteiger partial charge in [-0.15, -0.1) is 0 Å². The van der Waals surface area contributed by atoms with E-state index in [-0.39, 0.29) is 18.1 Å². The van der Waals surface area contributed by atoms with E-state index in [2.05, 4.69) is 11.4 Å². The molecule has 2 N–H and O–H groups in total. The number of nitriles is 1. The average molecular weight is 291 g/mol. The lowest BCUT2D eigenvalue weighted by atomic mass is 9.69. The Kier molecular flexibility index (Phi) is 4.46.